The van der Waals surface area contributed by atoms with Crippen LogP contribution >= 0.6 is 0 Å². The number of anilines is 2. The van der Waals surface area contributed by atoms with Crippen LogP contribution < -0.4 is 16.0 Å². The van der Waals surface area contributed by atoms with Gasteiger partial charge in [-0.3, -0.25) is 4.79 Å². The van der Waals surface area contributed by atoms with Crippen LogP contribution in [0, 0.1) is 0 Å². The highest BCUT2D eigenvalue weighted by Gasteiger charge is 2.13. The molecule has 1 aromatic rings. The number of nitrogens with two attached hydrogens (primary N) is 1. The molecule has 1 heterocycles. The summed E-state index contributed by atoms with van der Waals surface area (Å²) in [4.78, 5) is 13.5. The summed E-state index contributed by atoms with van der Waals surface area (Å²) in [5.74, 6) is -0.320. The van der Waals surface area contributed by atoms with Gasteiger partial charge in [0.1, 0.15) is 6.04 Å². The first-order chi connectivity index (χ1) is 9.20. The lowest BCUT2D eigenvalue weighted by Crippen LogP contribution is -2.36. The minimum Gasteiger partial charge on any atom is -0.378 e. The van der Waals surface area contributed by atoms with Gasteiger partial charge in [-0.1, -0.05) is 6.92 Å². The van der Waals surface area contributed by atoms with E-state index in [-0.39, 0.29) is 11.9 Å². The van der Waals surface area contributed by atoms with Crippen LogP contribution in [0.25, 0.3) is 0 Å². The smallest absolute Gasteiger partial charge is 0.239 e. The van der Waals surface area contributed by atoms with Crippen LogP contribution in [0.4, 0.5) is 11.4 Å². The SMILES string of the molecule is CCC(Nc1ccc(N2CCOCC2)cc1)C(N)=O. The van der Waals surface area contributed by atoms with Crippen LogP contribution in [-0.2, 0) is 9.53 Å². The van der Waals surface area contributed by atoms with Crippen LogP contribution in [0.1, 0.15) is 13.3 Å². The maximum Gasteiger partial charge on any atom is 0.239 e. The Bertz CT molecular complexity index is 413. The van der Waals surface area contributed by atoms with E-state index in [4.69, 9.17) is 10.5 Å². The summed E-state index contributed by atoms with van der Waals surface area (Å²) in [5.41, 5.74) is 7.42. The maximum atomic E-state index is 11.2. The largest absolute Gasteiger partial charge is 0.378 e. The molecule has 1 fully saturated rings. The van der Waals surface area contributed by atoms with E-state index in [0.29, 0.717) is 6.42 Å². The van der Waals surface area contributed by atoms with Crippen molar-refractivity contribution in [3.8, 4) is 0 Å². The molecule has 0 aromatic heterocycles. The van der Waals surface area contributed by atoms with E-state index in [0.717, 1.165) is 32.0 Å². The molecule has 2 rings (SSSR count). The molecule has 104 valence electrons. The molecule has 19 heavy (non-hydrogen) atoms. The Kier molecular flexibility index (Phi) is 4.63. The molecule has 1 unspecified atom stereocenters. The average Bonchev–Trinajstić information content (AvgIpc) is 2.46. The Morgan fingerprint density at radius 3 is 2.53 bits per heavy atom. The number of ether oxygens (including phenoxy) is 1. The molecule has 0 aliphatic carbocycles. The highest BCUT2D eigenvalue weighted by Crippen LogP contribution is 2.19. The third-order valence-corrected chi connectivity index (χ3v) is 3.34. The summed E-state index contributed by atoms with van der Waals surface area (Å²) in [6, 6.07) is 7.77. The highest BCUT2D eigenvalue weighted by atomic mass is 16.5. The first kappa shape index (κ1) is 13.7. The molecule has 1 aromatic carbocycles. The lowest BCUT2D eigenvalue weighted by atomic mass is 10.2. The normalized spacial score (nSPS) is 17.0. The number of rotatable bonds is 5. The number of amides is 1. The number of carbonyl (C=O) groups is 1. The van der Waals surface area contributed by atoms with Crippen molar-refractivity contribution < 1.29 is 9.53 Å². The Hall–Kier alpha value is -1.75. The van der Waals surface area contributed by atoms with Crippen LogP contribution in [0.5, 0.6) is 0 Å². The van der Waals surface area contributed by atoms with Gasteiger partial charge in [0, 0.05) is 24.5 Å². The minimum atomic E-state index is -0.320. The summed E-state index contributed by atoms with van der Waals surface area (Å²) in [7, 11) is 0. The molecule has 1 saturated heterocycles. The van der Waals surface area contributed by atoms with E-state index >= 15 is 0 Å². The van der Waals surface area contributed by atoms with Gasteiger partial charge >= 0.3 is 0 Å². The zero-order valence-electron chi connectivity index (χ0n) is 11.3. The monoisotopic (exact) mass is 263 g/mol. The topological polar surface area (TPSA) is 67.6 Å². The molecule has 0 saturated carbocycles. The second kappa shape index (κ2) is 6.43. The molecule has 0 radical (unpaired) electrons. The van der Waals surface area contributed by atoms with Crippen molar-refractivity contribution in [3.63, 3.8) is 0 Å². The molecular weight excluding hydrogens is 242 g/mol. The number of primary amides is 1. The number of nitrogens with one attached hydrogen (secondary N) is 1. The molecule has 1 amide bonds. The molecule has 5 nitrogen and oxygen atoms in total. The van der Waals surface area contributed by atoms with Gasteiger partial charge in [0.25, 0.3) is 0 Å². The summed E-state index contributed by atoms with van der Waals surface area (Å²) < 4.78 is 5.33. The Morgan fingerprint density at radius 2 is 2.00 bits per heavy atom. The number of nitrogens with zero attached hydrogens (tertiary/aromatic N) is 1. The Balaban J connectivity index is 1.99. The van der Waals surface area contributed by atoms with E-state index < -0.39 is 0 Å². The number of hydrogen-bond acceptors (Lipinski definition) is 4. The molecule has 0 bridgehead atoms. The molecule has 3 N–H and O–H groups in total. The first-order valence-corrected chi connectivity index (χ1v) is 6.69. The third-order valence-electron chi connectivity index (χ3n) is 3.34. The average molecular weight is 263 g/mol. The number of benzene rings is 1. The van der Waals surface area contributed by atoms with Gasteiger partial charge in [0.2, 0.25) is 5.91 Å². The maximum absolute atomic E-state index is 11.2. The van der Waals surface area contributed by atoms with Gasteiger partial charge in [-0.05, 0) is 30.7 Å². The second-order valence-corrected chi connectivity index (χ2v) is 4.65. The summed E-state index contributed by atoms with van der Waals surface area (Å²) >= 11 is 0. The van der Waals surface area contributed by atoms with Crippen LogP contribution in [0.15, 0.2) is 24.3 Å². The molecule has 1 atom stereocenters. The van der Waals surface area contributed by atoms with Crippen molar-refractivity contribution in [3.05, 3.63) is 24.3 Å². The predicted octanol–water partition coefficient (Wildman–Crippen LogP) is 1.20. The predicted molar refractivity (Wildman–Crippen MR) is 76.4 cm³/mol. The zero-order valence-corrected chi connectivity index (χ0v) is 11.3. The Morgan fingerprint density at radius 1 is 1.37 bits per heavy atom. The van der Waals surface area contributed by atoms with E-state index in [1.54, 1.807) is 0 Å². The van der Waals surface area contributed by atoms with Crippen molar-refractivity contribution in [1.29, 1.82) is 0 Å². The van der Waals surface area contributed by atoms with Gasteiger partial charge in [-0.2, -0.15) is 0 Å². The van der Waals surface area contributed by atoms with Gasteiger partial charge in [0.15, 0.2) is 0 Å². The van der Waals surface area contributed by atoms with Crippen LogP contribution in [0.3, 0.4) is 0 Å². The number of morpholine rings is 1. The zero-order chi connectivity index (χ0) is 13.7. The fraction of sp³-hybridized carbons (Fsp3) is 0.500. The minimum absolute atomic E-state index is 0.311. The molecule has 1 aliphatic rings. The van der Waals surface area contributed by atoms with Gasteiger partial charge in [0.05, 0.1) is 13.2 Å². The van der Waals surface area contributed by atoms with Crippen molar-refractivity contribution in [2.24, 2.45) is 5.73 Å². The van der Waals surface area contributed by atoms with Gasteiger partial charge < -0.3 is 20.7 Å². The molecule has 5 heteroatoms. The number of hydrogen-bond donors (Lipinski definition) is 2. The standard InChI is InChI=1S/C14H21N3O2/c1-2-13(14(15)18)16-11-3-5-12(6-4-11)17-7-9-19-10-8-17/h3-6,13,16H,2,7-10H2,1H3,(H2,15,18). The fourth-order valence-corrected chi connectivity index (χ4v) is 2.17. The Labute approximate surface area is 113 Å². The number of carbonyl (C=O) groups excluding carboxylic acids is 1. The van der Waals surface area contributed by atoms with Crippen molar-refractivity contribution in [2.75, 3.05) is 36.5 Å². The second-order valence-electron chi connectivity index (χ2n) is 4.65. The van der Waals surface area contributed by atoms with E-state index in [2.05, 4.69) is 22.3 Å². The van der Waals surface area contributed by atoms with Crippen molar-refractivity contribution in [2.45, 2.75) is 19.4 Å². The summed E-state index contributed by atoms with van der Waals surface area (Å²) in [6.07, 6.45) is 0.681. The summed E-state index contributed by atoms with van der Waals surface area (Å²) in [6.45, 7) is 5.33. The lowest BCUT2D eigenvalue weighted by Gasteiger charge is -2.29. The molecule has 1 aliphatic heterocycles. The van der Waals surface area contributed by atoms with E-state index in [1.165, 1.54) is 5.69 Å². The lowest BCUT2D eigenvalue weighted by molar-refractivity contribution is -0.118. The first-order valence-electron chi connectivity index (χ1n) is 6.69. The van der Waals surface area contributed by atoms with Crippen molar-refractivity contribution in [1.82, 2.24) is 0 Å². The third kappa shape index (κ3) is 3.61. The molecular formula is C14H21N3O2. The van der Waals surface area contributed by atoms with Crippen LogP contribution in [-0.4, -0.2) is 38.3 Å². The summed E-state index contributed by atoms with van der Waals surface area (Å²) in [5, 5.41) is 3.14. The quantitative estimate of drug-likeness (QED) is 0.837. The van der Waals surface area contributed by atoms with Gasteiger partial charge in [-0.15, -0.1) is 0 Å². The highest BCUT2D eigenvalue weighted by molar-refractivity contribution is 5.82. The van der Waals surface area contributed by atoms with E-state index in [1.807, 2.05) is 19.1 Å². The van der Waals surface area contributed by atoms with Gasteiger partial charge in [-0.25, -0.2) is 0 Å². The fourth-order valence-electron chi connectivity index (χ4n) is 2.17. The molecule has 0 spiro atoms. The van der Waals surface area contributed by atoms with Crippen LogP contribution in [0.2, 0.25) is 0 Å². The van der Waals surface area contributed by atoms with E-state index in [9.17, 15) is 4.79 Å². The van der Waals surface area contributed by atoms with Crippen molar-refractivity contribution >= 4 is 17.3 Å².